The van der Waals surface area contributed by atoms with E-state index in [9.17, 15) is 14.0 Å². The van der Waals surface area contributed by atoms with Crippen LogP contribution in [0.15, 0.2) is 24.3 Å². The zero-order chi connectivity index (χ0) is 19.9. The van der Waals surface area contributed by atoms with Crippen LogP contribution < -0.4 is 0 Å². The molecule has 2 saturated heterocycles. The first-order chi connectivity index (χ1) is 13.5. The Hall–Kier alpha value is -1.99. The zero-order valence-corrected chi connectivity index (χ0v) is 16.4. The van der Waals surface area contributed by atoms with Gasteiger partial charge in [-0.05, 0) is 30.5 Å². The summed E-state index contributed by atoms with van der Waals surface area (Å²) in [7, 11) is 3.13. The van der Waals surface area contributed by atoms with Crippen LogP contribution >= 0.6 is 0 Å². The summed E-state index contributed by atoms with van der Waals surface area (Å²) in [6.07, 6.45) is 1.74. The van der Waals surface area contributed by atoms with E-state index in [4.69, 9.17) is 9.47 Å². The lowest BCUT2D eigenvalue weighted by Crippen LogP contribution is -2.41. The lowest BCUT2D eigenvalue weighted by atomic mass is 9.89. The number of fused-ring (bicyclic) bond motifs is 1. The Labute approximate surface area is 164 Å². The number of halogens is 1. The summed E-state index contributed by atoms with van der Waals surface area (Å²) in [6, 6.07) is 6.20. The van der Waals surface area contributed by atoms with Gasteiger partial charge in [0.15, 0.2) is 0 Å². The Morgan fingerprint density at radius 3 is 2.61 bits per heavy atom. The van der Waals surface area contributed by atoms with Gasteiger partial charge in [-0.2, -0.15) is 0 Å². The first kappa shape index (κ1) is 19.3. The third-order valence-electron chi connectivity index (χ3n) is 6.46. The Bertz CT molecular complexity index is 767. The molecule has 1 aromatic rings. The molecule has 0 radical (unpaired) electrons. The Kier molecular flexibility index (Phi) is 5.14. The molecule has 4 rings (SSSR count). The van der Waals surface area contributed by atoms with Gasteiger partial charge in [-0.15, -0.1) is 0 Å². The van der Waals surface area contributed by atoms with Crippen molar-refractivity contribution in [3.8, 4) is 0 Å². The minimum absolute atomic E-state index is 0.00481. The molecule has 7 heteroatoms. The van der Waals surface area contributed by atoms with Crippen LogP contribution in [0.5, 0.6) is 0 Å². The van der Waals surface area contributed by atoms with E-state index in [-0.39, 0.29) is 47.5 Å². The van der Waals surface area contributed by atoms with Crippen LogP contribution in [0, 0.1) is 23.1 Å². The molecular weight excluding hydrogens is 363 g/mol. The van der Waals surface area contributed by atoms with Gasteiger partial charge >= 0.3 is 0 Å². The molecule has 0 spiro atoms. The van der Waals surface area contributed by atoms with Gasteiger partial charge in [0.05, 0.1) is 18.1 Å². The number of nitrogens with zero attached hydrogens (tertiary/aromatic N) is 2. The van der Waals surface area contributed by atoms with E-state index < -0.39 is 0 Å². The number of likely N-dealkylation sites (tertiary alicyclic amines) is 2. The standard InChI is InChI=1S/C21H27FN2O4/c1-27-12-18(25)24-10-15-9-23(20(26)21(6-7-21)13-28-2)11-17(15)19(24)14-4-3-5-16(22)8-14/h3-5,8,15,17,19H,6-7,9-13H2,1-2H3/t15-,17-,19+/m1/s1. The molecule has 28 heavy (non-hydrogen) atoms. The molecule has 0 aromatic heterocycles. The monoisotopic (exact) mass is 390 g/mol. The SMILES string of the molecule is COCC(=O)N1C[C@H]2CN(C(=O)C3(COC)CC3)C[C@H]2[C@@H]1c1cccc(F)c1. The van der Waals surface area contributed by atoms with Gasteiger partial charge in [-0.3, -0.25) is 9.59 Å². The summed E-state index contributed by atoms with van der Waals surface area (Å²) < 4.78 is 24.2. The van der Waals surface area contributed by atoms with Gasteiger partial charge in [0.2, 0.25) is 11.8 Å². The molecule has 3 aliphatic rings. The quantitative estimate of drug-likeness (QED) is 0.744. The summed E-state index contributed by atoms with van der Waals surface area (Å²) >= 11 is 0. The Balaban J connectivity index is 1.57. The maximum absolute atomic E-state index is 13.9. The van der Waals surface area contributed by atoms with Crippen LogP contribution in [0.25, 0.3) is 0 Å². The highest BCUT2D eigenvalue weighted by atomic mass is 19.1. The molecule has 2 amide bonds. The number of benzene rings is 1. The fourth-order valence-corrected chi connectivity index (χ4v) is 4.97. The minimum Gasteiger partial charge on any atom is -0.384 e. The van der Waals surface area contributed by atoms with Crippen molar-refractivity contribution in [2.75, 3.05) is 47.1 Å². The summed E-state index contributed by atoms with van der Waals surface area (Å²) in [4.78, 5) is 29.4. The van der Waals surface area contributed by atoms with Gasteiger partial charge in [0, 0.05) is 45.7 Å². The average molecular weight is 390 g/mol. The topological polar surface area (TPSA) is 59.1 Å². The number of ether oxygens (including phenoxy) is 2. The first-order valence-electron chi connectivity index (χ1n) is 9.81. The maximum Gasteiger partial charge on any atom is 0.249 e. The third-order valence-corrected chi connectivity index (χ3v) is 6.46. The smallest absolute Gasteiger partial charge is 0.249 e. The van der Waals surface area contributed by atoms with Crippen LogP contribution in [0.4, 0.5) is 4.39 Å². The van der Waals surface area contributed by atoms with Crippen LogP contribution in [0.2, 0.25) is 0 Å². The Morgan fingerprint density at radius 1 is 1.18 bits per heavy atom. The summed E-state index contributed by atoms with van der Waals surface area (Å²) in [5.41, 5.74) is 0.428. The summed E-state index contributed by atoms with van der Waals surface area (Å²) in [6.45, 7) is 2.26. The highest BCUT2D eigenvalue weighted by molar-refractivity contribution is 5.86. The second-order valence-corrected chi connectivity index (χ2v) is 8.33. The van der Waals surface area contributed by atoms with Gasteiger partial charge < -0.3 is 19.3 Å². The second kappa shape index (κ2) is 7.44. The fourth-order valence-electron chi connectivity index (χ4n) is 4.97. The lowest BCUT2D eigenvalue weighted by molar-refractivity contribution is -0.139. The second-order valence-electron chi connectivity index (χ2n) is 8.33. The van der Waals surface area contributed by atoms with E-state index in [0.29, 0.717) is 26.2 Å². The molecule has 3 fully saturated rings. The van der Waals surface area contributed by atoms with E-state index in [1.807, 2.05) is 11.0 Å². The number of methoxy groups -OCH3 is 2. The van der Waals surface area contributed by atoms with Crippen LogP contribution in [0.1, 0.15) is 24.4 Å². The molecule has 0 bridgehead atoms. The predicted molar refractivity (Wildman–Crippen MR) is 99.8 cm³/mol. The van der Waals surface area contributed by atoms with Crippen molar-refractivity contribution in [1.29, 1.82) is 0 Å². The van der Waals surface area contributed by atoms with Crippen molar-refractivity contribution in [2.24, 2.45) is 17.3 Å². The van der Waals surface area contributed by atoms with E-state index in [1.54, 1.807) is 18.1 Å². The maximum atomic E-state index is 13.9. The van der Waals surface area contributed by atoms with Gasteiger partial charge in [-0.25, -0.2) is 4.39 Å². The number of amides is 2. The Morgan fingerprint density at radius 2 is 1.96 bits per heavy atom. The number of hydrogen-bond donors (Lipinski definition) is 0. The minimum atomic E-state index is -0.354. The summed E-state index contributed by atoms with van der Waals surface area (Å²) in [5.74, 6) is 0.0444. The normalized spacial score (nSPS) is 27.8. The average Bonchev–Trinajstić information content (AvgIpc) is 3.19. The van der Waals surface area contributed by atoms with Crippen LogP contribution in [-0.2, 0) is 19.1 Å². The summed E-state index contributed by atoms with van der Waals surface area (Å²) in [5, 5.41) is 0. The van der Waals surface area contributed by atoms with Crippen LogP contribution in [-0.4, -0.2) is 68.7 Å². The zero-order valence-electron chi connectivity index (χ0n) is 16.4. The first-order valence-corrected chi connectivity index (χ1v) is 9.81. The molecular formula is C21H27FN2O4. The van der Waals surface area contributed by atoms with Gasteiger partial charge in [0.25, 0.3) is 0 Å². The molecule has 2 heterocycles. The van der Waals surface area contributed by atoms with E-state index in [1.165, 1.54) is 19.2 Å². The van der Waals surface area contributed by atoms with E-state index in [0.717, 1.165) is 18.4 Å². The van der Waals surface area contributed by atoms with Crippen molar-refractivity contribution >= 4 is 11.8 Å². The van der Waals surface area contributed by atoms with E-state index >= 15 is 0 Å². The molecule has 1 aliphatic carbocycles. The molecule has 0 N–H and O–H groups in total. The molecule has 3 atom stereocenters. The van der Waals surface area contributed by atoms with Crippen molar-refractivity contribution < 1.29 is 23.5 Å². The lowest BCUT2D eigenvalue weighted by Gasteiger charge is -2.31. The van der Waals surface area contributed by atoms with Gasteiger partial charge in [0.1, 0.15) is 12.4 Å². The van der Waals surface area contributed by atoms with Crippen molar-refractivity contribution in [2.45, 2.75) is 18.9 Å². The molecule has 1 saturated carbocycles. The van der Waals surface area contributed by atoms with Crippen LogP contribution in [0.3, 0.4) is 0 Å². The predicted octanol–water partition coefficient (Wildman–Crippen LogP) is 1.86. The van der Waals surface area contributed by atoms with Crippen molar-refractivity contribution in [1.82, 2.24) is 9.80 Å². The fraction of sp³-hybridized carbons (Fsp3) is 0.619. The number of rotatable bonds is 6. The molecule has 6 nitrogen and oxygen atoms in total. The van der Waals surface area contributed by atoms with E-state index in [2.05, 4.69) is 0 Å². The number of hydrogen-bond acceptors (Lipinski definition) is 4. The largest absolute Gasteiger partial charge is 0.384 e. The molecule has 0 unspecified atom stereocenters. The van der Waals surface area contributed by atoms with Gasteiger partial charge in [-0.1, -0.05) is 12.1 Å². The third kappa shape index (κ3) is 3.31. The number of carbonyl (C=O) groups is 2. The highest BCUT2D eigenvalue weighted by Crippen LogP contribution is 2.51. The molecule has 152 valence electrons. The molecule has 1 aromatic carbocycles. The molecule has 2 aliphatic heterocycles. The van der Waals surface area contributed by atoms with Crippen molar-refractivity contribution in [3.63, 3.8) is 0 Å². The number of carbonyl (C=O) groups excluding carboxylic acids is 2. The van der Waals surface area contributed by atoms with Crippen molar-refractivity contribution in [3.05, 3.63) is 35.6 Å². The highest BCUT2D eigenvalue weighted by Gasteiger charge is 2.56.